The minimum Gasteiger partial charge on any atom is -0.493 e. The summed E-state index contributed by atoms with van der Waals surface area (Å²) < 4.78 is 1.16. The number of pyridine rings is 1. The molecule has 1 N–H and O–H groups in total. The van der Waals surface area contributed by atoms with Crippen LogP contribution in [0, 0.1) is 18.3 Å². The second-order valence-corrected chi connectivity index (χ2v) is 5.65. The molecule has 2 aromatic rings. The predicted molar refractivity (Wildman–Crippen MR) is 92.4 cm³/mol. The van der Waals surface area contributed by atoms with Crippen LogP contribution in [0.2, 0.25) is 5.02 Å². The minimum atomic E-state index is -0.478. The summed E-state index contributed by atoms with van der Waals surface area (Å²) in [5.41, 5.74) is 0.292. The molecule has 0 aliphatic rings. The second kappa shape index (κ2) is 7.75. The van der Waals surface area contributed by atoms with Crippen molar-refractivity contribution in [3.05, 3.63) is 50.8 Å². The molecule has 0 aliphatic carbocycles. The summed E-state index contributed by atoms with van der Waals surface area (Å²) in [7, 11) is 0. The Labute approximate surface area is 144 Å². The molecular weight excluding hydrogens is 328 g/mol. The standard InChI is InChI=1S/C17H17ClN4O2/c1-3-4-9-22-16(23)12(10-19)11(2)15(17(22)24)21-20-14-8-6-5-7-13(14)18/h5-8,23H,3-4,9H2,1-2H3. The lowest BCUT2D eigenvalue weighted by Crippen LogP contribution is -2.22. The van der Waals surface area contributed by atoms with Gasteiger partial charge in [-0.25, -0.2) is 0 Å². The van der Waals surface area contributed by atoms with Gasteiger partial charge in [-0.05, 0) is 25.5 Å². The maximum absolute atomic E-state index is 12.6. The first-order valence-electron chi connectivity index (χ1n) is 7.54. The highest BCUT2D eigenvalue weighted by atomic mass is 35.5. The average molecular weight is 345 g/mol. The quantitative estimate of drug-likeness (QED) is 0.803. The van der Waals surface area contributed by atoms with E-state index in [0.717, 1.165) is 11.0 Å². The summed E-state index contributed by atoms with van der Waals surface area (Å²) in [5.74, 6) is -0.329. The van der Waals surface area contributed by atoms with Crippen molar-refractivity contribution in [3.63, 3.8) is 0 Å². The highest BCUT2D eigenvalue weighted by molar-refractivity contribution is 6.32. The Morgan fingerprint density at radius 1 is 1.33 bits per heavy atom. The van der Waals surface area contributed by atoms with E-state index in [-0.39, 0.29) is 17.1 Å². The van der Waals surface area contributed by atoms with Crippen molar-refractivity contribution in [1.29, 1.82) is 5.26 Å². The third-order valence-electron chi connectivity index (χ3n) is 3.61. The van der Waals surface area contributed by atoms with Gasteiger partial charge in [0.1, 0.15) is 17.3 Å². The van der Waals surface area contributed by atoms with Crippen LogP contribution < -0.4 is 5.56 Å². The van der Waals surface area contributed by atoms with Crippen molar-refractivity contribution < 1.29 is 5.11 Å². The summed E-state index contributed by atoms with van der Waals surface area (Å²) in [4.78, 5) is 12.6. The van der Waals surface area contributed by atoms with E-state index in [1.165, 1.54) is 0 Å². The van der Waals surface area contributed by atoms with Crippen molar-refractivity contribution in [3.8, 4) is 11.9 Å². The molecule has 1 aromatic carbocycles. The number of nitriles is 1. The monoisotopic (exact) mass is 344 g/mol. The highest BCUT2D eigenvalue weighted by Crippen LogP contribution is 2.29. The Hall–Kier alpha value is -2.65. The first-order valence-corrected chi connectivity index (χ1v) is 7.91. The number of azo groups is 1. The van der Waals surface area contributed by atoms with Crippen LogP contribution in [-0.4, -0.2) is 9.67 Å². The first-order chi connectivity index (χ1) is 11.5. The third kappa shape index (κ3) is 3.47. The number of hydrogen-bond donors (Lipinski definition) is 1. The van der Waals surface area contributed by atoms with E-state index in [1.807, 2.05) is 13.0 Å². The molecule has 0 aliphatic heterocycles. The van der Waals surface area contributed by atoms with Gasteiger partial charge in [0.05, 0.1) is 5.02 Å². The third-order valence-corrected chi connectivity index (χ3v) is 3.93. The Balaban J connectivity index is 2.59. The lowest BCUT2D eigenvalue weighted by molar-refractivity contribution is 0.399. The fourth-order valence-corrected chi connectivity index (χ4v) is 2.39. The van der Waals surface area contributed by atoms with Crippen molar-refractivity contribution in [2.24, 2.45) is 10.2 Å². The van der Waals surface area contributed by atoms with Crippen molar-refractivity contribution >= 4 is 23.0 Å². The molecule has 124 valence electrons. The van der Waals surface area contributed by atoms with Gasteiger partial charge in [-0.2, -0.15) is 5.26 Å². The number of halogens is 1. The van der Waals surface area contributed by atoms with Crippen LogP contribution >= 0.6 is 11.6 Å². The number of benzene rings is 1. The molecule has 24 heavy (non-hydrogen) atoms. The molecular formula is C17H17ClN4O2. The molecule has 0 spiro atoms. The summed E-state index contributed by atoms with van der Waals surface area (Å²) in [6.07, 6.45) is 1.54. The SMILES string of the molecule is CCCCn1c(O)c(C#N)c(C)c(N=Nc2ccccc2Cl)c1=O. The van der Waals surface area contributed by atoms with Gasteiger partial charge in [0, 0.05) is 12.1 Å². The Morgan fingerprint density at radius 3 is 2.67 bits per heavy atom. The fourth-order valence-electron chi connectivity index (χ4n) is 2.22. The van der Waals surface area contributed by atoms with Crippen LogP contribution in [0.15, 0.2) is 39.3 Å². The molecule has 1 heterocycles. The molecule has 7 heteroatoms. The van der Waals surface area contributed by atoms with Gasteiger partial charge in [-0.3, -0.25) is 9.36 Å². The van der Waals surface area contributed by atoms with Crippen molar-refractivity contribution in [2.45, 2.75) is 33.2 Å². The number of aromatic hydroxyl groups is 1. The molecule has 2 rings (SSSR count). The van der Waals surface area contributed by atoms with E-state index in [2.05, 4.69) is 10.2 Å². The molecule has 1 aromatic heterocycles. The molecule has 0 bridgehead atoms. The highest BCUT2D eigenvalue weighted by Gasteiger charge is 2.18. The number of nitrogens with zero attached hydrogens (tertiary/aromatic N) is 4. The number of hydrogen-bond acceptors (Lipinski definition) is 5. The van der Waals surface area contributed by atoms with Gasteiger partial charge in [0.15, 0.2) is 5.69 Å². The minimum absolute atomic E-state index is 0.0267. The zero-order valence-electron chi connectivity index (χ0n) is 13.5. The summed E-state index contributed by atoms with van der Waals surface area (Å²) >= 11 is 6.02. The van der Waals surface area contributed by atoms with Crippen LogP contribution in [-0.2, 0) is 6.54 Å². The maximum atomic E-state index is 12.6. The van der Waals surface area contributed by atoms with Gasteiger partial charge in [0.2, 0.25) is 5.88 Å². The Kier molecular flexibility index (Phi) is 5.72. The maximum Gasteiger partial charge on any atom is 0.281 e. The van der Waals surface area contributed by atoms with Crippen LogP contribution in [0.3, 0.4) is 0 Å². The van der Waals surface area contributed by atoms with Crippen LogP contribution in [0.1, 0.15) is 30.9 Å². The van der Waals surface area contributed by atoms with E-state index in [9.17, 15) is 15.2 Å². The van der Waals surface area contributed by atoms with E-state index in [1.54, 1.807) is 31.2 Å². The number of unbranched alkanes of at least 4 members (excludes halogenated alkanes) is 1. The topological polar surface area (TPSA) is 90.7 Å². The van der Waals surface area contributed by atoms with Crippen molar-refractivity contribution in [1.82, 2.24) is 4.57 Å². The second-order valence-electron chi connectivity index (χ2n) is 5.25. The summed E-state index contributed by atoms with van der Waals surface area (Å²) in [6.45, 7) is 3.84. The Bertz CT molecular complexity index is 881. The fraction of sp³-hybridized carbons (Fsp3) is 0.294. The molecule has 0 atom stereocenters. The predicted octanol–water partition coefficient (Wildman–Crippen LogP) is 4.60. The molecule has 0 fully saturated rings. The molecule has 0 radical (unpaired) electrons. The largest absolute Gasteiger partial charge is 0.493 e. The van der Waals surface area contributed by atoms with Gasteiger partial charge in [0.25, 0.3) is 5.56 Å². The normalized spacial score (nSPS) is 10.9. The van der Waals surface area contributed by atoms with Gasteiger partial charge in [-0.1, -0.05) is 37.1 Å². The van der Waals surface area contributed by atoms with Gasteiger partial charge in [-0.15, -0.1) is 10.2 Å². The van der Waals surface area contributed by atoms with Crippen LogP contribution in [0.4, 0.5) is 11.4 Å². The number of aromatic nitrogens is 1. The molecule has 0 amide bonds. The van der Waals surface area contributed by atoms with Gasteiger partial charge < -0.3 is 5.11 Å². The first kappa shape index (κ1) is 17.7. The Morgan fingerprint density at radius 2 is 2.04 bits per heavy atom. The van der Waals surface area contributed by atoms with E-state index >= 15 is 0 Å². The summed E-state index contributed by atoms with van der Waals surface area (Å²) in [5, 5.41) is 27.9. The van der Waals surface area contributed by atoms with Crippen LogP contribution in [0.25, 0.3) is 0 Å². The van der Waals surface area contributed by atoms with E-state index in [4.69, 9.17) is 11.6 Å². The number of rotatable bonds is 5. The molecule has 6 nitrogen and oxygen atoms in total. The lowest BCUT2D eigenvalue weighted by atomic mass is 10.1. The smallest absolute Gasteiger partial charge is 0.281 e. The molecule has 0 saturated carbocycles. The van der Waals surface area contributed by atoms with Gasteiger partial charge >= 0.3 is 0 Å². The molecule has 0 unspecified atom stereocenters. The average Bonchev–Trinajstić information content (AvgIpc) is 2.56. The van der Waals surface area contributed by atoms with E-state index in [0.29, 0.717) is 29.2 Å². The van der Waals surface area contributed by atoms with E-state index < -0.39 is 5.56 Å². The summed E-state index contributed by atoms with van der Waals surface area (Å²) in [6, 6.07) is 8.77. The zero-order valence-corrected chi connectivity index (χ0v) is 14.2. The molecule has 0 saturated heterocycles. The lowest BCUT2D eigenvalue weighted by Gasteiger charge is -2.12. The van der Waals surface area contributed by atoms with Crippen molar-refractivity contribution in [2.75, 3.05) is 0 Å². The zero-order chi connectivity index (χ0) is 17.7. The van der Waals surface area contributed by atoms with Crippen LogP contribution in [0.5, 0.6) is 5.88 Å².